The van der Waals surface area contributed by atoms with Gasteiger partial charge in [0.1, 0.15) is 17.3 Å². The van der Waals surface area contributed by atoms with Gasteiger partial charge in [0.15, 0.2) is 0 Å². The lowest BCUT2D eigenvalue weighted by Gasteiger charge is -2.05. The maximum atomic E-state index is 10.8. The fourth-order valence-electron chi connectivity index (χ4n) is 1.39. The van der Waals surface area contributed by atoms with Crippen LogP contribution in [0.2, 0.25) is 0 Å². The van der Waals surface area contributed by atoms with E-state index in [0.717, 1.165) is 17.7 Å². The summed E-state index contributed by atoms with van der Waals surface area (Å²) in [6, 6.07) is 7.64. The van der Waals surface area contributed by atoms with Gasteiger partial charge in [0.25, 0.3) is 0 Å². The zero-order valence-electron chi connectivity index (χ0n) is 10.4. The van der Waals surface area contributed by atoms with E-state index in [1.165, 1.54) is 0 Å². The molecule has 0 aliphatic rings. The standard InChI is InChI=1S/C14H18O3/c1-11(15)3-4-13-5-7-14(8-6-13)17-10-9-12(2)16/h5-8H,3-4,9-10H2,1-2H3. The van der Waals surface area contributed by atoms with Crippen molar-refractivity contribution in [3.05, 3.63) is 29.8 Å². The SMILES string of the molecule is CC(=O)CCOc1ccc(CCC(C)=O)cc1. The van der Waals surface area contributed by atoms with Gasteiger partial charge in [-0.15, -0.1) is 0 Å². The van der Waals surface area contributed by atoms with Crippen LogP contribution in [0.3, 0.4) is 0 Å². The Balaban J connectivity index is 2.39. The van der Waals surface area contributed by atoms with E-state index in [9.17, 15) is 9.59 Å². The quantitative estimate of drug-likeness (QED) is 0.728. The molecule has 1 aromatic carbocycles. The summed E-state index contributed by atoms with van der Waals surface area (Å²) in [5, 5.41) is 0. The molecule has 3 nitrogen and oxygen atoms in total. The number of hydrogen-bond acceptors (Lipinski definition) is 3. The molecule has 0 amide bonds. The molecule has 0 bridgehead atoms. The predicted octanol–water partition coefficient (Wildman–Crippen LogP) is 2.57. The van der Waals surface area contributed by atoms with Gasteiger partial charge in [-0.2, -0.15) is 0 Å². The van der Waals surface area contributed by atoms with Crippen molar-refractivity contribution in [2.24, 2.45) is 0 Å². The van der Waals surface area contributed by atoms with Crippen LogP contribution in [0.5, 0.6) is 5.75 Å². The first-order chi connectivity index (χ1) is 8.08. The summed E-state index contributed by atoms with van der Waals surface area (Å²) in [5.74, 6) is 1.09. The second-order valence-corrected chi connectivity index (χ2v) is 4.15. The van der Waals surface area contributed by atoms with E-state index in [2.05, 4.69) is 0 Å². The van der Waals surface area contributed by atoms with Crippen molar-refractivity contribution >= 4 is 11.6 Å². The number of ketones is 2. The number of benzene rings is 1. The van der Waals surface area contributed by atoms with Crippen LogP contribution in [0.25, 0.3) is 0 Å². The summed E-state index contributed by atoms with van der Waals surface area (Å²) in [6.07, 6.45) is 1.78. The lowest BCUT2D eigenvalue weighted by atomic mass is 10.1. The van der Waals surface area contributed by atoms with Gasteiger partial charge in [0, 0.05) is 12.8 Å². The van der Waals surface area contributed by atoms with E-state index in [1.807, 2.05) is 24.3 Å². The lowest BCUT2D eigenvalue weighted by molar-refractivity contribution is -0.118. The van der Waals surface area contributed by atoms with Crippen molar-refractivity contribution < 1.29 is 14.3 Å². The van der Waals surface area contributed by atoms with E-state index in [1.54, 1.807) is 13.8 Å². The van der Waals surface area contributed by atoms with E-state index in [-0.39, 0.29) is 11.6 Å². The average molecular weight is 234 g/mol. The van der Waals surface area contributed by atoms with E-state index in [0.29, 0.717) is 19.4 Å². The molecule has 0 N–H and O–H groups in total. The molecule has 0 aliphatic heterocycles. The Kier molecular flexibility index (Phi) is 5.40. The zero-order chi connectivity index (χ0) is 12.7. The van der Waals surface area contributed by atoms with Gasteiger partial charge in [0.05, 0.1) is 6.61 Å². The second-order valence-electron chi connectivity index (χ2n) is 4.15. The minimum absolute atomic E-state index is 0.128. The summed E-state index contributed by atoms with van der Waals surface area (Å²) in [7, 11) is 0. The van der Waals surface area contributed by atoms with Crippen LogP contribution in [-0.4, -0.2) is 18.2 Å². The Labute approximate surface area is 102 Å². The summed E-state index contributed by atoms with van der Waals surface area (Å²) in [6.45, 7) is 3.57. The highest BCUT2D eigenvalue weighted by Gasteiger charge is 1.99. The van der Waals surface area contributed by atoms with Gasteiger partial charge in [-0.05, 0) is 38.0 Å². The van der Waals surface area contributed by atoms with Crippen molar-refractivity contribution in [2.75, 3.05) is 6.61 Å². The first-order valence-electron chi connectivity index (χ1n) is 5.78. The molecule has 3 heteroatoms. The smallest absolute Gasteiger partial charge is 0.133 e. The first-order valence-corrected chi connectivity index (χ1v) is 5.78. The molecule has 0 radical (unpaired) electrons. The Morgan fingerprint density at radius 1 is 1.00 bits per heavy atom. The van der Waals surface area contributed by atoms with Crippen LogP contribution < -0.4 is 4.74 Å². The fourth-order valence-corrected chi connectivity index (χ4v) is 1.39. The number of carbonyl (C=O) groups excluding carboxylic acids is 2. The maximum absolute atomic E-state index is 10.8. The van der Waals surface area contributed by atoms with Crippen LogP contribution in [0.4, 0.5) is 0 Å². The van der Waals surface area contributed by atoms with Crippen LogP contribution >= 0.6 is 0 Å². The highest BCUT2D eigenvalue weighted by Crippen LogP contribution is 2.13. The minimum Gasteiger partial charge on any atom is -0.493 e. The van der Waals surface area contributed by atoms with Crippen LogP contribution in [0.15, 0.2) is 24.3 Å². The highest BCUT2D eigenvalue weighted by atomic mass is 16.5. The number of Topliss-reactive ketones (excluding diaryl/α,β-unsaturated/α-hetero) is 2. The number of carbonyl (C=O) groups is 2. The third kappa shape index (κ3) is 5.85. The summed E-state index contributed by atoms with van der Waals surface area (Å²) < 4.78 is 5.41. The molecule has 17 heavy (non-hydrogen) atoms. The molecule has 1 aromatic rings. The summed E-state index contributed by atoms with van der Waals surface area (Å²) in [4.78, 5) is 21.6. The maximum Gasteiger partial charge on any atom is 0.133 e. The lowest BCUT2D eigenvalue weighted by Crippen LogP contribution is -2.02. The third-order valence-corrected chi connectivity index (χ3v) is 2.41. The molecular formula is C14H18O3. The van der Waals surface area contributed by atoms with Crippen molar-refractivity contribution in [3.8, 4) is 5.75 Å². The van der Waals surface area contributed by atoms with Gasteiger partial charge in [0.2, 0.25) is 0 Å². The summed E-state index contributed by atoms with van der Waals surface area (Å²) in [5.41, 5.74) is 1.12. The molecule has 0 aromatic heterocycles. The average Bonchev–Trinajstić information content (AvgIpc) is 2.27. The molecule has 0 atom stereocenters. The minimum atomic E-state index is 0.128. The van der Waals surface area contributed by atoms with Crippen LogP contribution in [0.1, 0.15) is 32.3 Å². The largest absolute Gasteiger partial charge is 0.493 e. The Morgan fingerprint density at radius 2 is 1.59 bits per heavy atom. The predicted molar refractivity (Wildman–Crippen MR) is 66.2 cm³/mol. The summed E-state index contributed by atoms with van der Waals surface area (Å²) >= 11 is 0. The Hall–Kier alpha value is -1.64. The van der Waals surface area contributed by atoms with Crippen LogP contribution in [0, 0.1) is 0 Å². The molecule has 0 saturated heterocycles. The first kappa shape index (κ1) is 13.4. The van der Waals surface area contributed by atoms with Gasteiger partial charge in [-0.25, -0.2) is 0 Å². The molecule has 0 saturated carbocycles. The monoisotopic (exact) mass is 234 g/mol. The molecule has 0 unspecified atom stereocenters. The van der Waals surface area contributed by atoms with E-state index in [4.69, 9.17) is 4.74 Å². The topological polar surface area (TPSA) is 43.4 Å². The van der Waals surface area contributed by atoms with Crippen molar-refractivity contribution in [1.82, 2.24) is 0 Å². The second kappa shape index (κ2) is 6.84. The number of ether oxygens (including phenoxy) is 1. The van der Waals surface area contributed by atoms with Crippen LogP contribution in [-0.2, 0) is 16.0 Å². The fraction of sp³-hybridized carbons (Fsp3) is 0.429. The normalized spacial score (nSPS) is 10.0. The van der Waals surface area contributed by atoms with E-state index < -0.39 is 0 Å². The number of hydrogen-bond donors (Lipinski definition) is 0. The van der Waals surface area contributed by atoms with E-state index >= 15 is 0 Å². The molecule has 1 rings (SSSR count). The molecule has 0 spiro atoms. The molecule has 0 fully saturated rings. The Bertz CT molecular complexity index is 379. The van der Waals surface area contributed by atoms with Gasteiger partial charge in [-0.3, -0.25) is 4.79 Å². The van der Waals surface area contributed by atoms with Crippen molar-refractivity contribution in [3.63, 3.8) is 0 Å². The highest BCUT2D eigenvalue weighted by molar-refractivity contribution is 5.75. The molecule has 92 valence electrons. The third-order valence-electron chi connectivity index (χ3n) is 2.41. The van der Waals surface area contributed by atoms with Crippen molar-refractivity contribution in [2.45, 2.75) is 33.1 Å². The zero-order valence-corrected chi connectivity index (χ0v) is 10.4. The number of aryl methyl sites for hydroxylation is 1. The van der Waals surface area contributed by atoms with Gasteiger partial charge < -0.3 is 9.53 Å². The van der Waals surface area contributed by atoms with Gasteiger partial charge in [-0.1, -0.05) is 12.1 Å². The number of rotatable bonds is 7. The molecular weight excluding hydrogens is 216 g/mol. The van der Waals surface area contributed by atoms with Gasteiger partial charge >= 0.3 is 0 Å². The molecule has 0 aliphatic carbocycles. The molecule has 0 heterocycles. The Morgan fingerprint density at radius 3 is 2.12 bits per heavy atom. The van der Waals surface area contributed by atoms with Crippen molar-refractivity contribution in [1.29, 1.82) is 0 Å².